The van der Waals surface area contributed by atoms with Gasteiger partial charge in [0.1, 0.15) is 0 Å². The van der Waals surface area contributed by atoms with Gasteiger partial charge in [0.05, 0.1) is 14.2 Å². The quantitative estimate of drug-likeness (QED) is 0.455. The fourth-order valence-corrected chi connectivity index (χ4v) is 2.96. The monoisotopic (exact) mass is 362 g/mol. The second-order valence-electron chi connectivity index (χ2n) is 6.57. The number of nitrogens with zero attached hydrogens (tertiary/aromatic N) is 2. The lowest BCUT2D eigenvalue weighted by Gasteiger charge is -2.32. The number of hydrogen-bond acceptors (Lipinski definition) is 4. The van der Waals surface area contributed by atoms with Gasteiger partial charge in [0, 0.05) is 39.1 Å². The molecule has 7 heteroatoms. The lowest BCUT2D eigenvalue weighted by atomic mass is 9.99. The number of guanidine groups is 1. The number of methoxy groups -OCH3 is 2. The molecule has 0 fully saturated rings. The van der Waals surface area contributed by atoms with Crippen molar-refractivity contribution in [3.8, 4) is 11.5 Å². The zero-order valence-corrected chi connectivity index (χ0v) is 16.4. The summed E-state index contributed by atoms with van der Waals surface area (Å²) in [5, 5.41) is 6.22. The molecular weight excluding hydrogens is 332 g/mol. The van der Waals surface area contributed by atoms with E-state index in [1.54, 1.807) is 21.3 Å². The van der Waals surface area contributed by atoms with Gasteiger partial charge in [-0.3, -0.25) is 9.79 Å². The van der Waals surface area contributed by atoms with Gasteiger partial charge in [-0.15, -0.1) is 0 Å². The third kappa shape index (κ3) is 4.80. The number of benzene rings is 1. The van der Waals surface area contributed by atoms with Crippen LogP contribution in [0.15, 0.2) is 17.1 Å². The molecule has 2 rings (SSSR count). The van der Waals surface area contributed by atoms with Crippen LogP contribution >= 0.6 is 0 Å². The Morgan fingerprint density at radius 2 is 1.77 bits per heavy atom. The number of aliphatic imine (C=N–C) groups is 1. The van der Waals surface area contributed by atoms with Crippen molar-refractivity contribution < 1.29 is 14.3 Å². The maximum Gasteiger partial charge on any atom is 0.222 e. The van der Waals surface area contributed by atoms with E-state index in [9.17, 15) is 4.79 Å². The van der Waals surface area contributed by atoms with Crippen molar-refractivity contribution in [3.63, 3.8) is 0 Å². The first-order valence-electron chi connectivity index (χ1n) is 8.97. The van der Waals surface area contributed by atoms with E-state index < -0.39 is 0 Å². The van der Waals surface area contributed by atoms with E-state index in [1.807, 2.05) is 19.9 Å². The van der Waals surface area contributed by atoms with Crippen molar-refractivity contribution >= 4 is 11.9 Å². The average Bonchev–Trinajstić information content (AvgIpc) is 2.66. The molecule has 1 heterocycles. The molecule has 0 aromatic heterocycles. The molecule has 0 radical (unpaired) electrons. The second kappa shape index (κ2) is 9.31. The summed E-state index contributed by atoms with van der Waals surface area (Å²) >= 11 is 0. The zero-order valence-electron chi connectivity index (χ0n) is 16.4. The third-order valence-electron chi connectivity index (χ3n) is 4.46. The lowest BCUT2D eigenvalue weighted by Crippen LogP contribution is -2.46. The van der Waals surface area contributed by atoms with Gasteiger partial charge in [-0.2, -0.15) is 0 Å². The molecule has 26 heavy (non-hydrogen) atoms. The topological polar surface area (TPSA) is 75.2 Å². The largest absolute Gasteiger partial charge is 0.493 e. The number of rotatable bonds is 6. The predicted octanol–water partition coefficient (Wildman–Crippen LogP) is 1.41. The summed E-state index contributed by atoms with van der Waals surface area (Å²) in [6, 6.07) is 4.10. The van der Waals surface area contributed by atoms with Crippen LogP contribution in [0.25, 0.3) is 0 Å². The van der Waals surface area contributed by atoms with Crippen molar-refractivity contribution in [2.75, 3.05) is 40.9 Å². The van der Waals surface area contributed by atoms with Gasteiger partial charge in [-0.05, 0) is 29.7 Å². The van der Waals surface area contributed by atoms with Gasteiger partial charge in [0.2, 0.25) is 5.91 Å². The van der Waals surface area contributed by atoms with Gasteiger partial charge >= 0.3 is 0 Å². The molecule has 0 bridgehead atoms. The summed E-state index contributed by atoms with van der Waals surface area (Å²) in [4.78, 5) is 18.2. The summed E-state index contributed by atoms with van der Waals surface area (Å²) < 4.78 is 10.8. The number of carbonyl (C=O) groups is 1. The average molecular weight is 362 g/mol. The van der Waals surface area contributed by atoms with Gasteiger partial charge in [0.25, 0.3) is 0 Å². The highest BCUT2D eigenvalue weighted by Gasteiger charge is 2.21. The smallest absolute Gasteiger partial charge is 0.222 e. The van der Waals surface area contributed by atoms with Crippen molar-refractivity contribution in [3.05, 3.63) is 23.3 Å². The van der Waals surface area contributed by atoms with E-state index in [0.29, 0.717) is 13.1 Å². The molecule has 1 amide bonds. The molecule has 0 aliphatic carbocycles. The Hall–Kier alpha value is -2.44. The number of nitrogens with one attached hydrogen (secondary N) is 2. The number of fused-ring (bicyclic) bond motifs is 1. The standard InChI is InChI=1S/C19H30N4O3/c1-13(2)18(24)21-7-8-22-19(20-3)23-9-6-14-10-16(25-4)17(26-5)11-15(14)12-23/h10-11,13H,6-9,12H2,1-5H3,(H,20,22)(H,21,24). The minimum atomic E-state index is -0.000111. The van der Waals surface area contributed by atoms with Crippen LogP contribution in [-0.2, 0) is 17.8 Å². The summed E-state index contributed by atoms with van der Waals surface area (Å²) in [5.41, 5.74) is 2.49. The molecule has 0 spiro atoms. The Kier molecular flexibility index (Phi) is 7.12. The minimum Gasteiger partial charge on any atom is -0.493 e. The Morgan fingerprint density at radius 3 is 2.35 bits per heavy atom. The van der Waals surface area contributed by atoms with Crippen molar-refractivity contribution in [1.82, 2.24) is 15.5 Å². The van der Waals surface area contributed by atoms with Crippen LogP contribution in [0.1, 0.15) is 25.0 Å². The molecule has 0 saturated carbocycles. The second-order valence-corrected chi connectivity index (χ2v) is 6.57. The van der Waals surface area contributed by atoms with E-state index in [2.05, 4.69) is 26.6 Å². The molecule has 0 atom stereocenters. The van der Waals surface area contributed by atoms with Crippen LogP contribution in [0.4, 0.5) is 0 Å². The number of carbonyl (C=O) groups excluding carboxylic acids is 1. The van der Waals surface area contributed by atoms with E-state index in [0.717, 1.165) is 37.0 Å². The van der Waals surface area contributed by atoms with E-state index >= 15 is 0 Å². The van der Waals surface area contributed by atoms with E-state index in [1.165, 1.54) is 11.1 Å². The fourth-order valence-electron chi connectivity index (χ4n) is 2.96. The molecule has 1 aromatic rings. The first-order valence-corrected chi connectivity index (χ1v) is 8.97. The highest BCUT2D eigenvalue weighted by Crippen LogP contribution is 2.33. The first kappa shape index (κ1) is 19.9. The van der Waals surface area contributed by atoms with Crippen LogP contribution in [0.2, 0.25) is 0 Å². The van der Waals surface area contributed by atoms with Gasteiger partial charge < -0.3 is 25.0 Å². The first-order chi connectivity index (χ1) is 12.5. The SMILES string of the molecule is CN=C(NCCNC(=O)C(C)C)N1CCc2cc(OC)c(OC)cc2C1. The van der Waals surface area contributed by atoms with E-state index in [-0.39, 0.29) is 11.8 Å². The third-order valence-corrected chi connectivity index (χ3v) is 4.46. The van der Waals surface area contributed by atoms with Crippen molar-refractivity contribution in [2.45, 2.75) is 26.8 Å². The normalized spacial score (nSPS) is 14.1. The van der Waals surface area contributed by atoms with Crippen LogP contribution in [0.3, 0.4) is 0 Å². The van der Waals surface area contributed by atoms with Gasteiger partial charge in [-0.1, -0.05) is 13.8 Å². The lowest BCUT2D eigenvalue weighted by molar-refractivity contribution is -0.123. The summed E-state index contributed by atoms with van der Waals surface area (Å²) in [7, 11) is 5.08. The fraction of sp³-hybridized carbons (Fsp3) is 0.579. The summed E-state index contributed by atoms with van der Waals surface area (Å²) in [6.07, 6.45) is 0.917. The summed E-state index contributed by atoms with van der Waals surface area (Å²) in [6.45, 7) is 6.62. The maximum atomic E-state index is 11.6. The van der Waals surface area contributed by atoms with Crippen LogP contribution in [0, 0.1) is 5.92 Å². The Bertz CT molecular complexity index is 658. The summed E-state index contributed by atoms with van der Waals surface area (Å²) in [5.74, 6) is 2.41. The molecule has 0 saturated heterocycles. The molecule has 1 aliphatic heterocycles. The molecule has 7 nitrogen and oxygen atoms in total. The number of ether oxygens (including phenoxy) is 2. The van der Waals surface area contributed by atoms with E-state index in [4.69, 9.17) is 9.47 Å². The van der Waals surface area contributed by atoms with Crippen LogP contribution in [0.5, 0.6) is 11.5 Å². The van der Waals surface area contributed by atoms with Gasteiger partial charge in [-0.25, -0.2) is 0 Å². The number of amides is 1. The molecule has 0 unspecified atom stereocenters. The Morgan fingerprint density at radius 1 is 1.15 bits per heavy atom. The highest BCUT2D eigenvalue weighted by atomic mass is 16.5. The predicted molar refractivity (Wildman–Crippen MR) is 103 cm³/mol. The maximum absolute atomic E-state index is 11.6. The Labute approximate surface area is 155 Å². The number of hydrogen-bond donors (Lipinski definition) is 2. The Balaban J connectivity index is 1.96. The van der Waals surface area contributed by atoms with Crippen LogP contribution < -0.4 is 20.1 Å². The van der Waals surface area contributed by atoms with Crippen molar-refractivity contribution in [1.29, 1.82) is 0 Å². The minimum absolute atomic E-state index is 0.000111. The molecular formula is C19H30N4O3. The molecule has 144 valence electrons. The molecule has 2 N–H and O–H groups in total. The zero-order chi connectivity index (χ0) is 19.1. The van der Waals surface area contributed by atoms with Crippen molar-refractivity contribution in [2.24, 2.45) is 10.9 Å². The highest BCUT2D eigenvalue weighted by molar-refractivity contribution is 5.80. The van der Waals surface area contributed by atoms with Crippen LogP contribution in [-0.4, -0.2) is 57.7 Å². The molecule has 1 aliphatic rings. The van der Waals surface area contributed by atoms with Gasteiger partial charge in [0.15, 0.2) is 17.5 Å². The molecule has 1 aromatic carbocycles.